The minimum Gasteiger partial charge on any atom is -0.345 e. The van der Waals surface area contributed by atoms with Gasteiger partial charge in [-0.2, -0.15) is 0 Å². The fraction of sp³-hybridized carbons (Fsp3) is 0.355. The Morgan fingerprint density at radius 2 is 1.66 bits per heavy atom. The molecule has 3 aromatic rings. The van der Waals surface area contributed by atoms with E-state index < -0.39 is 17.5 Å². The zero-order valence-electron chi connectivity index (χ0n) is 21.9. The highest BCUT2D eigenvalue weighted by molar-refractivity contribution is 5.94. The summed E-state index contributed by atoms with van der Waals surface area (Å²) in [6, 6.07) is 20.8. The van der Waals surface area contributed by atoms with Crippen LogP contribution in [0, 0.1) is 17.6 Å². The number of likely N-dealkylation sites (tertiary alicyclic amines) is 1. The second-order valence-corrected chi connectivity index (χ2v) is 10.2. The molecule has 2 amide bonds. The number of nitrogens with one attached hydrogen (secondary N) is 2. The Bertz CT molecular complexity index is 1240. The van der Waals surface area contributed by atoms with Crippen molar-refractivity contribution >= 4 is 17.5 Å². The second-order valence-electron chi connectivity index (χ2n) is 10.2. The quantitative estimate of drug-likeness (QED) is 0.349. The SMILES string of the molecule is CC(C)C(=O)Nc1cccc(C2CCN(CCC(NC(=O)c3ccc(F)c(F)c3)c3ccccc3)CC2)c1. The van der Waals surface area contributed by atoms with Gasteiger partial charge in [-0.1, -0.05) is 56.3 Å². The molecule has 1 aliphatic rings. The molecule has 200 valence electrons. The van der Waals surface area contributed by atoms with Gasteiger partial charge in [0, 0.05) is 23.7 Å². The van der Waals surface area contributed by atoms with Gasteiger partial charge < -0.3 is 15.5 Å². The van der Waals surface area contributed by atoms with Gasteiger partial charge in [0.1, 0.15) is 0 Å². The molecule has 1 heterocycles. The van der Waals surface area contributed by atoms with Crippen molar-refractivity contribution in [3.8, 4) is 0 Å². The number of amides is 2. The Morgan fingerprint density at radius 1 is 0.921 bits per heavy atom. The molecule has 1 fully saturated rings. The van der Waals surface area contributed by atoms with Gasteiger partial charge in [0.15, 0.2) is 11.6 Å². The molecule has 0 aliphatic carbocycles. The lowest BCUT2D eigenvalue weighted by Crippen LogP contribution is -2.36. The Balaban J connectivity index is 1.34. The van der Waals surface area contributed by atoms with E-state index in [1.807, 2.05) is 56.3 Å². The Morgan fingerprint density at radius 3 is 2.34 bits per heavy atom. The smallest absolute Gasteiger partial charge is 0.251 e. The zero-order chi connectivity index (χ0) is 27.1. The number of nitrogens with zero attached hydrogens (tertiary/aromatic N) is 1. The summed E-state index contributed by atoms with van der Waals surface area (Å²) in [4.78, 5) is 27.3. The van der Waals surface area contributed by atoms with E-state index in [2.05, 4.69) is 27.7 Å². The van der Waals surface area contributed by atoms with Gasteiger partial charge in [-0.3, -0.25) is 9.59 Å². The molecule has 0 spiro atoms. The molecule has 1 aliphatic heterocycles. The summed E-state index contributed by atoms with van der Waals surface area (Å²) < 4.78 is 27.0. The minimum absolute atomic E-state index is 0.0154. The van der Waals surface area contributed by atoms with Gasteiger partial charge in [-0.05, 0) is 79.7 Å². The highest BCUT2D eigenvalue weighted by Gasteiger charge is 2.23. The normalized spacial score (nSPS) is 15.3. The Labute approximate surface area is 223 Å². The third-order valence-corrected chi connectivity index (χ3v) is 7.16. The van der Waals surface area contributed by atoms with Crippen molar-refractivity contribution in [2.75, 3.05) is 25.0 Å². The molecular formula is C31H35F2N3O2. The molecule has 0 saturated carbocycles. The van der Waals surface area contributed by atoms with E-state index in [0.29, 0.717) is 12.3 Å². The monoisotopic (exact) mass is 519 g/mol. The van der Waals surface area contributed by atoms with E-state index in [-0.39, 0.29) is 23.4 Å². The van der Waals surface area contributed by atoms with Gasteiger partial charge >= 0.3 is 0 Å². The molecule has 0 bridgehead atoms. The fourth-order valence-electron chi connectivity index (χ4n) is 4.84. The number of halogens is 2. The molecule has 7 heteroatoms. The molecule has 2 N–H and O–H groups in total. The molecule has 1 saturated heterocycles. The van der Waals surface area contributed by atoms with Crippen LogP contribution in [0.4, 0.5) is 14.5 Å². The van der Waals surface area contributed by atoms with Crippen LogP contribution in [0.25, 0.3) is 0 Å². The van der Waals surface area contributed by atoms with E-state index in [9.17, 15) is 18.4 Å². The molecule has 5 nitrogen and oxygen atoms in total. The summed E-state index contributed by atoms with van der Waals surface area (Å²) in [5, 5.41) is 6.00. The lowest BCUT2D eigenvalue weighted by atomic mass is 9.89. The lowest BCUT2D eigenvalue weighted by Gasteiger charge is -2.33. The van der Waals surface area contributed by atoms with Crippen LogP contribution in [0.1, 0.15) is 66.6 Å². The lowest BCUT2D eigenvalue weighted by molar-refractivity contribution is -0.118. The van der Waals surface area contributed by atoms with Crippen molar-refractivity contribution < 1.29 is 18.4 Å². The first-order chi connectivity index (χ1) is 18.3. The average molecular weight is 520 g/mol. The number of benzene rings is 3. The summed E-state index contributed by atoms with van der Waals surface area (Å²) in [5.41, 5.74) is 3.15. The van der Waals surface area contributed by atoms with Crippen molar-refractivity contribution in [2.45, 2.75) is 45.1 Å². The van der Waals surface area contributed by atoms with Gasteiger partial charge in [-0.25, -0.2) is 8.78 Å². The molecular weight excluding hydrogens is 484 g/mol. The van der Waals surface area contributed by atoms with Crippen LogP contribution in [0.15, 0.2) is 72.8 Å². The van der Waals surface area contributed by atoms with E-state index in [1.165, 1.54) is 11.6 Å². The highest BCUT2D eigenvalue weighted by Crippen LogP contribution is 2.30. The molecule has 1 atom stereocenters. The summed E-state index contributed by atoms with van der Waals surface area (Å²) in [6.45, 7) is 6.43. The standard InChI is InChI=1S/C31H35F2N3O2/c1-21(2)30(37)34-26-10-6-9-24(19-26)22-13-16-36(17-14-22)18-15-29(23-7-4-3-5-8-23)35-31(38)25-11-12-27(32)28(33)20-25/h3-12,19-22,29H,13-18H2,1-2H3,(H,34,37)(H,35,38). The predicted octanol–water partition coefficient (Wildman–Crippen LogP) is 6.30. The van der Waals surface area contributed by atoms with E-state index >= 15 is 0 Å². The van der Waals surface area contributed by atoms with Crippen molar-refractivity contribution in [3.63, 3.8) is 0 Å². The third-order valence-electron chi connectivity index (χ3n) is 7.16. The molecule has 0 aromatic heterocycles. The van der Waals surface area contributed by atoms with Gasteiger partial charge in [0.25, 0.3) is 5.91 Å². The van der Waals surface area contributed by atoms with E-state index in [1.54, 1.807) is 0 Å². The van der Waals surface area contributed by atoms with Crippen molar-refractivity contribution in [2.24, 2.45) is 5.92 Å². The maximum absolute atomic E-state index is 13.7. The number of anilines is 1. The number of carbonyl (C=O) groups excluding carboxylic acids is 2. The first-order valence-corrected chi connectivity index (χ1v) is 13.2. The van der Waals surface area contributed by atoms with Crippen molar-refractivity contribution in [1.82, 2.24) is 10.2 Å². The number of hydrogen-bond donors (Lipinski definition) is 2. The highest BCUT2D eigenvalue weighted by atomic mass is 19.2. The van der Waals surface area contributed by atoms with Gasteiger partial charge in [-0.15, -0.1) is 0 Å². The van der Waals surface area contributed by atoms with Crippen molar-refractivity contribution in [1.29, 1.82) is 0 Å². The average Bonchev–Trinajstić information content (AvgIpc) is 2.93. The van der Waals surface area contributed by atoms with Crippen LogP contribution in [0.3, 0.4) is 0 Å². The second kappa shape index (κ2) is 12.8. The molecule has 0 radical (unpaired) electrons. The third kappa shape index (κ3) is 7.25. The maximum Gasteiger partial charge on any atom is 0.251 e. The predicted molar refractivity (Wildman–Crippen MR) is 146 cm³/mol. The fourth-order valence-corrected chi connectivity index (χ4v) is 4.84. The maximum atomic E-state index is 13.7. The van der Waals surface area contributed by atoms with E-state index in [4.69, 9.17) is 0 Å². The van der Waals surface area contributed by atoms with E-state index in [0.717, 1.165) is 55.9 Å². The van der Waals surface area contributed by atoms with Crippen LogP contribution in [0.2, 0.25) is 0 Å². The van der Waals surface area contributed by atoms with Gasteiger partial charge in [0.05, 0.1) is 6.04 Å². The zero-order valence-corrected chi connectivity index (χ0v) is 21.9. The first kappa shape index (κ1) is 27.5. The minimum atomic E-state index is -1.04. The van der Waals surface area contributed by atoms with Crippen LogP contribution in [-0.4, -0.2) is 36.3 Å². The molecule has 1 unspecified atom stereocenters. The summed E-state index contributed by atoms with van der Waals surface area (Å²) in [5.74, 6) is -2.06. The van der Waals surface area contributed by atoms with Crippen LogP contribution < -0.4 is 10.6 Å². The van der Waals surface area contributed by atoms with Crippen molar-refractivity contribution in [3.05, 3.63) is 101 Å². The molecule has 38 heavy (non-hydrogen) atoms. The number of carbonyl (C=O) groups is 2. The summed E-state index contributed by atoms with van der Waals surface area (Å²) in [7, 11) is 0. The number of hydrogen-bond acceptors (Lipinski definition) is 3. The topological polar surface area (TPSA) is 61.4 Å². The number of rotatable bonds is 9. The molecule has 3 aromatic carbocycles. The van der Waals surface area contributed by atoms with Crippen LogP contribution in [0.5, 0.6) is 0 Å². The van der Waals surface area contributed by atoms with Crippen LogP contribution in [-0.2, 0) is 4.79 Å². The Kier molecular flexibility index (Phi) is 9.24. The Hall–Kier alpha value is -3.58. The van der Waals surface area contributed by atoms with Crippen LogP contribution >= 0.6 is 0 Å². The summed E-state index contributed by atoms with van der Waals surface area (Å²) >= 11 is 0. The summed E-state index contributed by atoms with van der Waals surface area (Å²) in [6.07, 6.45) is 2.72. The molecule has 4 rings (SSSR count). The van der Waals surface area contributed by atoms with Gasteiger partial charge in [0.2, 0.25) is 5.91 Å². The largest absolute Gasteiger partial charge is 0.345 e. The number of piperidine rings is 1. The first-order valence-electron chi connectivity index (χ1n) is 13.2.